The zero-order valence-corrected chi connectivity index (χ0v) is 25.4. The molecule has 2 fully saturated rings. The summed E-state index contributed by atoms with van der Waals surface area (Å²) in [7, 11) is 1.72. The number of rotatable bonds is 8. The average molecular weight is 635 g/mol. The molecule has 8 nitrogen and oxygen atoms in total. The minimum atomic E-state index is -3.67. The Hall–Kier alpha value is -3.57. The lowest BCUT2D eigenvalue weighted by Gasteiger charge is -2.38. The minimum Gasteiger partial charge on any atom is -0.378 e. The molecule has 0 aliphatic carbocycles. The Balaban J connectivity index is 0.00000104. The van der Waals surface area contributed by atoms with Crippen molar-refractivity contribution in [1.29, 1.82) is 0 Å². The second-order valence-corrected chi connectivity index (χ2v) is 11.7. The fourth-order valence-corrected chi connectivity index (χ4v) is 6.21. The fraction of sp³-hybridized carbons (Fsp3) is 0.469. The van der Waals surface area contributed by atoms with E-state index in [1.165, 1.54) is 12.7 Å². The number of alkyl halides is 3. The molecular formula is C32H38ClF3N4O4. The van der Waals surface area contributed by atoms with E-state index in [1.807, 2.05) is 41.3 Å². The van der Waals surface area contributed by atoms with Crippen LogP contribution in [0.3, 0.4) is 0 Å². The summed E-state index contributed by atoms with van der Waals surface area (Å²) in [4.78, 5) is 31.4. The van der Waals surface area contributed by atoms with Crippen molar-refractivity contribution in [3.05, 3.63) is 82.7 Å². The van der Waals surface area contributed by atoms with Gasteiger partial charge in [0.15, 0.2) is 6.10 Å². The van der Waals surface area contributed by atoms with Crippen molar-refractivity contribution in [1.82, 2.24) is 15.0 Å². The van der Waals surface area contributed by atoms with Crippen molar-refractivity contribution in [2.45, 2.75) is 51.4 Å². The van der Waals surface area contributed by atoms with Crippen LogP contribution in [0.4, 0.5) is 18.9 Å². The summed E-state index contributed by atoms with van der Waals surface area (Å²) in [6.07, 6.45) is 5.80. The van der Waals surface area contributed by atoms with Gasteiger partial charge in [0.25, 0.3) is 11.8 Å². The van der Waals surface area contributed by atoms with Crippen molar-refractivity contribution in [2.75, 3.05) is 38.1 Å². The Kier molecular flexibility index (Phi) is 12.1. The maximum absolute atomic E-state index is 12.9. The zero-order chi connectivity index (χ0) is 31.6. The predicted molar refractivity (Wildman–Crippen MR) is 161 cm³/mol. The number of carbonyl (C=O) groups excluding carboxylic acids is 2. The Labute approximate surface area is 260 Å². The van der Waals surface area contributed by atoms with E-state index >= 15 is 0 Å². The molecule has 2 saturated heterocycles. The van der Waals surface area contributed by atoms with Gasteiger partial charge >= 0.3 is 6.68 Å². The molecule has 0 saturated carbocycles. The lowest BCUT2D eigenvalue weighted by Crippen LogP contribution is -2.42. The summed E-state index contributed by atoms with van der Waals surface area (Å²) in [5.74, 6) is 0.940. The number of halogens is 4. The number of anilines is 1. The molecule has 3 aromatic rings. The van der Waals surface area contributed by atoms with E-state index in [2.05, 4.69) is 10.1 Å². The Morgan fingerprint density at radius 3 is 2.18 bits per heavy atom. The number of hydrogen-bond donors (Lipinski definition) is 1. The third-order valence-corrected chi connectivity index (χ3v) is 8.65. The highest BCUT2D eigenvalue weighted by molar-refractivity contribution is 6.34. The molecule has 1 aromatic heterocycles. The number of amides is 2. The number of nitrogens with zero attached hydrogens (tertiary/aromatic N) is 4. The van der Waals surface area contributed by atoms with E-state index in [-0.39, 0.29) is 11.8 Å². The first-order valence-corrected chi connectivity index (χ1v) is 15.1. The molecule has 0 bridgehead atoms. The van der Waals surface area contributed by atoms with Crippen molar-refractivity contribution < 1.29 is 32.4 Å². The first kappa shape index (κ1) is 33.3. The van der Waals surface area contributed by atoms with Gasteiger partial charge in [-0.25, -0.2) is 0 Å². The highest BCUT2D eigenvalue weighted by atomic mass is 35.5. The third kappa shape index (κ3) is 9.22. The highest BCUT2D eigenvalue weighted by Crippen LogP contribution is 2.33. The van der Waals surface area contributed by atoms with Crippen LogP contribution < -0.4 is 4.90 Å². The molecule has 5 rings (SSSR count). The van der Waals surface area contributed by atoms with E-state index in [1.54, 1.807) is 30.1 Å². The van der Waals surface area contributed by atoms with Gasteiger partial charge in [-0.3, -0.25) is 9.59 Å². The van der Waals surface area contributed by atoms with Gasteiger partial charge < -0.3 is 24.3 Å². The van der Waals surface area contributed by atoms with E-state index in [4.69, 9.17) is 16.1 Å². The molecule has 2 aromatic carbocycles. The second kappa shape index (κ2) is 15.9. The first-order chi connectivity index (χ1) is 21.1. The van der Waals surface area contributed by atoms with Crippen molar-refractivity contribution in [2.24, 2.45) is 11.8 Å². The van der Waals surface area contributed by atoms with E-state index in [0.29, 0.717) is 53.3 Å². The van der Waals surface area contributed by atoms with Gasteiger partial charge in [-0.1, -0.05) is 47.1 Å². The molecule has 2 aliphatic heterocycles. The zero-order valence-electron chi connectivity index (χ0n) is 24.6. The quantitative estimate of drug-likeness (QED) is 0.310. The third-order valence-electron chi connectivity index (χ3n) is 8.34. The van der Waals surface area contributed by atoms with Gasteiger partial charge in [-0.2, -0.15) is 13.2 Å². The van der Waals surface area contributed by atoms with Crippen molar-refractivity contribution >= 4 is 29.1 Å². The first-order valence-electron chi connectivity index (χ1n) is 14.8. The maximum atomic E-state index is 12.9. The molecule has 44 heavy (non-hydrogen) atoms. The number of hydrogen-bond acceptors (Lipinski definition) is 6. The van der Waals surface area contributed by atoms with Gasteiger partial charge in [0.2, 0.25) is 0 Å². The second-order valence-electron chi connectivity index (χ2n) is 11.3. The van der Waals surface area contributed by atoms with Crippen LogP contribution >= 0.6 is 11.6 Å². The lowest BCUT2D eigenvalue weighted by atomic mass is 9.82. The normalized spacial score (nSPS) is 16.8. The fourth-order valence-electron chi connectivity index (χ4n) is 5.95. The van der Waals surface area contributed by atoms with Gasteiger partial charge in [0.1, 0.15) is 12.0 Å². The number of aliphatic hydroxyl groups is 1. The van der Waals surface area contributed by atoms with Crippen LogP contribution in [0.1, 0.15) is 59.8 Å². The van der Waals surface area contributed by atoms with E-state index in [9.17, 15) is 27.9 Å². The topological polar surface area (TPSA) is 90.1 Å². The number of aliphatic hydroxyl groups excluding tert-OH is 1. The van der Waals surface area contributed by atoms with Crippen LogP contribution in [-0.4, -0.2) is 71.8 Å². The van der Waals surface area contributed by atoms with Crippen molar-refractivity contribution in [3.8, 4) is 0 Å². The van der Waals surface area contributed by atoms with E-state index < -0.39 is 12.8 Å². The molecule has 1 atom stereocenters. The summed E-state index contributed by atoms with van der Waals surface area (Å²) in [6, 6.07) is 16.6. The minimum absolute atomic E-state index is 0.152. The van der Waals surface area contributed by atoms with Crippen LogP contribution in [0, 0.1) is 11.8 Å². The Morgan fingerprint density at radius 2 is 1.61 bits per heavy atom. The van der Waals surface area contributed by atoms with Gasteiger partial charge in [0.05, 0.1) is 17.1 Å². The molecule has 238 valence electrons. The molecule has 0 spiro atoms. The number of aromatic nitrogens is 1. The monoisotopic (exact) mass is 634 g/mol. The standard InChI is InChI=1S/C31H37ClN4O4.CHF3/c1-34(21-25-13-18-40-33-25)30(38)27-8-7-26(20-28(27)32)35-14-9-22(10-15-35)19-23-11-16-36(17-12-23)31(39)29(37)24-5-3-2-4-6-24;2-1(3)4/h2-8,13,18,20,22-23,29,37H,9-12,14-17,19,21H2,1H3;1H/t29-;/m1./s1. The number of piperidine rings is 2. The molecule has 3 heterocycles. The number of likely N-dealkylation sites (tertiary alicyclic amines) is 1. The van der Waals surface area contributed by atoms with Crippen molar-refractivity contribution in [3.63, 3.8) is 0 Å². The van der Waals surface area contributed by atoms with Crippen LogP contribution in [0.2, 0.25) is 5.02 Å². The molecule has 0 unspecified atom stereocenters. The summed E-state index contributed by atoms with van der Waals surface area (Å²) < 4.78 is 33.8. The smallest absolute Gasteiger partial charge is 0.378 e. The number of carbonyl (C=O) groups is 2. The predicted octanol–water partition coefficient (Wildman–Crippen LogP) is 6.36. The summed E-state index contributed by atoms with van der Waals surface area (Å²) in [5.41, 5.74) is 2.86. The molecule has 12 heteroatoms. The molecule has 0 radical (unpaired) electrons. The summed E-state index contributed by atoms with van der Waals surface area (Å²) in [6.45, 7) is 0.0287. The summed E-state index contributed by atoms with van der Waals surface area (Å²) in [5, 5.41) is 14.8. The Morgan fingerprint density at radius 1 is 1.00 bits per heavy atom. The highest BCUT2D eigenvalue weighted by Gasteiger charge is 2.30. The lowest BCUT2D eigenvalue weighted by molar-refractivity contribution is -0.142. The van der Waals surface area contributed by atoms with Gasteiger partial charge in [-0.15, -0.1) is 0 Å². The SMILES string of the molecule is CN(Cc1ccon1)C(=O)c1ccc(N2CCC(CC3CCN(C(=O)[C@H](O)c4ccccc4)CC3)CC2)cc1Cl.FC(F)F. The van der Waals surface area contributed by atoms with Gasteiger partial charge in [-0.05, 0) is 67.7 Å². The van der Waals surface area contributed by atoms with Crippen LogP contribution in [0.25, 0.3) is 0 Å². The van der Waals surface area contributed by atoms with Crippen LogP contribution in [0.15, 0.2) is 65.4 Å². The Bertz CT molecular complexity index is 1330. The summed E-state index contributed by atoms with van der Waals surface area (Å²) >= 11 is 6.56. The molecule has 1 N–H and O–H groups in total. The molecular weight excluding hydrogens is 597 g/mol. The number of benzene rings is 2. The largest absolute Gasteiger partial charge is 0.379 e. The molecule has 2 aliphatic rings. The van der Waals surface area contributed by atoms with Crippen LogP contribution in [-0.2, 0) is 11.3 Å². The van der Waals surface area contributed by atoms with E-state index in [0.717, 1.165) is 44.5 Å². The molecule has 2 amide bonds. The average Bonchev–Trinajstić information content (AvgIpc) is 3.54. The van der Waals surface area contributed by atoms with Crippen LogP contribution in [0.5, 0.6) is 0 Å². The maximum Gasteiger partial charge on any atom is 0.379 e. The van der Waals surface area contributed by atoms with Gasteiger partial charge in [0, 0.05) is 45.0 Å².